The van der Waals surface area contributed by atoms with E-state index < -0.39 is 0 Å². The molecule has 0 aliphatic carbocycles. The Morgan fingerprint density at radius 2 is 2.17 bits per heavy atom. The quantitative estimate of drug-likeness (QED) is 0.334. The first-order valence-corrected chi connectivity index (χ1v) is 5.75. The molecule has 1 aromatic heterocycles. The van der Waals surface area contributed by atoms with Gasteiger partial charge >= 0.3 is 0 Å². The summed E-state index contributed by atoms with van der Waals surface area (Å²) in [6.07, 6.45) is 4.37. The van der Waals surface area contributed by atoms with Gasteiger partial charge in [0.15, 0.2) is 0 Å². The van der Waals surface area contributed by atoms with Crippen molar-refractivity contribution < 1.29 is 10.0 Å². The second-order valence-electron chi connectivity index (χ2n) is 4.22. The molecule has 96 valence electrons. The Bertz CT molecular complexity index is 440. The molecule has 1 fully saturated rings. The molecule has 7 heteroatoms. The Balaban J connectivity index is 1.96. The van der Waals surface area contributed by atoms with E-state index in [4.69, 9.17) is 10.9 Å². The SMILES string of the molecule is N/C(=N/O)C1CCN(C(=O)c2ccnnc2)CC1. The van der Waals surface area contributed by atoms with Crippen LogP contribution in [0.2, 0.25) is 0 Å². The average molecular weight is 249 g/mol. The highest BCUT2D eigenvalue weighted by atomic mass is 16.4. The molecule has 7 nitrogen and oxygen atoms in total. The van der Waals surface area contributed by atoms with Gasteiger partial charge in [0.2, 0.25) is 0 Å². The summed E-state index contributed by atoms with van der Waals surface area (Å²) in [6.45, 7) is 1.20. The highest BCUT2D eigenvalue weighted by Gasteiger charge is 2.25. The number of rotatable bonds is 2. The number of likely N-dealkylation sites (tertiary alicyclic amines) is 1. The molecule has 0 unspecified atom stereocenters. The number of hydrogen-bond acceptors (Lipinski definition) is 5. The maximum atomic E-state index is 12.1. The minimum atomic E-state index is -0.0529. The standard InChI is InChI=1S/C11H15N5O2/c12-10(15-18)8-2-5-16(6-3-8)11(17)9-1-4-13-14-7-9/h1,4,7-8,18H,2-3,5-6H2,(H2,12,15). The lowest BCUT2D eigenvalue weighted by molar-refractivity contribution is 0.0708. The lowest BCUT2D eigenvalue weighted by atomic mass is 9.95. The normalized spacial score (nSPS) is 17.8. The molecule has 0 spiro atoms. The lowest BCUT2D eigenvalue weighted by Crippen LogP contribution is -2.41. The van der Waals surface area contributed by atoms with Gasteiger partial charge in [-0.25, -0.2) is 0 Å². The predicted molar refractivity (Wildman–Crippen MR) is 64.1 cm³/mol. The summed E-state index contributed by atoms with van der Waals surface area (Å²) in [4.78, 5) is 13.8. The molecule has 2 rings (SSSR count). The van der Waals surface area contributed by atoms with Gasteiger partial charge in [0, 0.05) is 19.0 Å². The number of nitrogens with two attached hydrogens (primary N) is 1. The molecule has 2 heterocycles. The van der Waals surface area contributed by atoms with Crippen molar-refractivity contribution in [2.75, 3.05) is 13.1 Å². The molecule has 0 radical (unpaired) electrons. The first-order valence-electron chi connectivity index (χ1n) is 5.75. The summed E-state index contributed by atoms with van der Waals surface area (Å²) < 4.78 is 0. The number of amidine groups is 1. The zero-order valence-electron chi connectivity index (χ0n) is 9.86. The average Bonchev–Trinajstić information content (AvgIpc) is 2.47. The van der Waals surface area contributed by atoms with Crippen molar-refractivity contribution >= 4 is 11.7 Å². The second-order valence-corrected chi connectivity index (χ2v) is 4.22. The first-order chi connectivity index (χ1) is 8.72. The highest BCUT2D eigenvalue weighted by molar-refractivity contribution is 5.94. The molecular weight excluding hydrogens is 234 g/mol. The fourth-order valence-corrected chi connectivity index (χ4v) is 2.06. The second kappa shape index (κ2) is 5.44. The number of hydrogen-bond donors (Lipinski definition) is 2. The minimum Gasteiger partial charge on any atom is -0.409 e. The summed E-state index contributed by atoms with van der Waals surface area (Å²) in [5.74, 6) is 0.241. The van der Waals surface area contributed by atoms with E-state index in [9.17, 15) is 4.79 Å². The highest BCUT2D eigenvalue weighted by Crippen LogP contribution is 2.18. The molecule has 0 saturated carbocycles. The fraction of sp³-hybridized carbons (Fsp3) is 0.455. The van der Waals surface area contributed by atoms with Gasteiger partial charge in [0.1, 0.15) is 5.84 Å². The Morgan fingerprint density at radius 1 is 1.44 bits per heavy atom. The van der Waals surface area contributed by atoms with Crippen LogP contribution in [0.25, 0.3) is 0 Å². The number of oxime groups is 1. The van der Waals surface area contributed by atoms with E-state index in [0.29, 0.717) is 31.5 Å². The van der Waals surface area contributed by atoms with Crippen LogP contribution in [0, 0.1) is 5.92 Å². The van der Waals surface area contributed by atoms with E-state index in [2.05, 4.69) is 15.4 Å². The predicted octanol–water partition coefficient (Wildman–Crippen LogP) is 0.0752. The van der Waals surface area contributed by atoms with Crippen LogP contribution in [-0.4, -0.2) is 45.1 Å². The van der Waals surface area contributed by atoms with E-state index in [0.717, 1.165) is 0 Å². The molecule has 0 atom stereocenters. The number of aromatic nitrogens is 2. The molecule has 1 aliphatic rings. The van der Waals surface area contributed by atoms with Crippen molar-refractivity contribution in [1.82, 2.24) is 15.1 Å². The number of amides is 1. The minimum absolute atomic E-state index is 0.0506. The van der Waals surface area contributed by atoms with Gasteiger partial charge in [-0.3, -0.25) is 4.79 Å². The van der Waals surface area contributed by atoms with Crippen molar-refractivity contribution in [2.24, 2.45) is 16.8 Å². The van der Waals surface area contributed by atoms with Crippen LogP contribution in [-0.2, 0) is 0 Å². The largest absolute Gasteiger partial charge is 0.409 e. The molecule has 1 saturated heterocycles. The van der Waals surface area contributed by atoms with Gasteiger partial charge in [-0.2, -0.15) is 10.2 Å². The van der Waals surface area contributed by atoms with Gasteiger partial charge in [-0.1, -0.05) is 5.16 Å². The van der Waals surface area contributed by atoms with Crippen molar-refractivity contribution in [2.45, 2.75) is 12.8 Å². The Labute approximate surface area is 104 Å². The molecule has 0 aromatic carbocycles. The molecule has 0 bridgehead atoms. The van der Waals surface area contributed by atoms with E-state index >= 15 is 0 Å². The molecule has 1 aliphatic heterocycles. The summed E-state index contributed by atoms with van der Waals surface area (Å²) >= 11 is 0. The van der Waals surface area contributed by atoms with Crippen molar-refractivity contribution in [3.8, 4) is 0 Å². The van der Waals surface area contributed by atoms with Crippen molar-refractivity contribution in [3.63, 3.8) is 0 Å². The van der Waals surface area contributed by atoms with Crippen molar-refractivity contribution in [3.05, 3.63) is 24.0 Å². The third kappa shape index (κ3) is 2.55. The van der Waals surface area contributed by atoms with Gasteiger partial charge < -0.3 is 15.8 Å². The summed E-state index contributed by atoms with van der Waals surface area (Å²) in [5.41, 5.74) is 6.09. The number of piperidine rings is 1. The van der Waals surface area contributed by atoms with E-state index in [-0.39, 0.29) is 17.7 Å². The number of carbonyl (C=O) groups is 1. The third-order valence-corrected chi connectivity index (χ3v) is 3.15. The van der Waals surface area contributed by atoms with Crippen LogP contribution >= 0.6 is 0 Å². The number of carbonyl (C=O) groups excluding carboxylic acids is 1. The van der Waals surface area contributed by atoms with Crippen LogP contribution in [0.5, 0.6) is 0 Å². The van der Waals surface area contributed by atoms with Crippen LogP contribution in [0.15, 0.2) is 23.6 Å². The zero-order chi connectivity index (χ0) is 13.0. The Hall–Kier alpha value is -2.18. The summed E-state index contributed by atoms with van der Waals surface area (Å²) in [5, 5.41) is 18.9. The summed E-state index contributed by atoms with van der Waals surface area (Å²) in [6, 6.07) is 1.64. The zero-order valence-corrected chi connectivity index (χ0v) is 9.86. The van der Waals surface area contributed by atoms with Gasteiger partial charge in [-0.15, -0.1) is 0 Å². The van der Waals surface area contributed by atoms with E-state index in [1.165, 1.54) is 12.4 Å². The molecule has 1 amide bonds. The maximum Gasteiger partial charge on any atom is 0.255 e. The number of nitrogens with zero attached hydrogens (tertiary/aromatic N) is 4. The van der Waals surface area contributed by atoms with E-state index in [1.807, 2.05) is 0 Å². The van der Waals surface area contributed by atoms with Crippen molar-refractivity contribution in [1.29, 1.82) is 0 Å². The molecule has 18 heavy (non-hydrogen) atoms. The van der Waals surface area contributed by atoms with Crippen LogP contribution in [0.4, 0.5) is 0 Å². The smallest absolute Gasteiger partial charge is 0.255 e. The molecule has 3 N–H and O–H groups in total. The van der Waals surface area contributed by atoms with Gasteiger partial charge in [0.05, 0.1) is 18.0 Å². The van der Waals surface area contributed by atoms with Gasteiger partial charge in [-0.05, 0) is 18.9 Å². The molecule has 1 aromatic rings. The monoisotopic (exact) mass is 249 g/mol. The van der Waals surface area contributed by atoms with E-state index in [1.54, 1.807) is 11.0 Å². The maximum absolute atomic E-state index is 12.1. The van der Waals surface area contributed by atoms with Crippen LogP contribution in [0.1, 0.15) is 23.2 Å². The summed E-state index contributed by atoms with van der Waals surface area (Å²) in [7, 11) is 0. The molecular formula is C11H15N5O2. The van der Waals surface area contributed by atoms with Gasteiger partial charge in [0.25, 0.3) is 5.91 Å². The topological polar surface area (TPSA) is 105 Å². The lowest BCUT2D eigenvalue weighted by Gasteiger charge is -2.31. The first kappa shape index (κ1) is 12.3. The Kier molecular flexibility index (Phi) is 3.71. The third-order valence-electron chi connectivity index (χ3n) is 3.15. The fourth-order valence-electron chi connectivity index (χ4n) is 2.06. The Morgan fingerprint density at radius 3 is 2.72 bits per heavy atom. The van der Waals surface area contributed by atoms with Crippen LogP contribution in [0.3, 0.4) is 0 Å². The van der Waals surface area contributed by atoms with Crippen LogP contribution < -0.4 is 5.73 Å².